The lowest BCUT2D eigenvalue weighted by molar-refractivity contribution is 0.795. The molecule has 2 aromatic carbocycles. The molecular weight excluding hydrogens is 290 g/mol. The number of fused-ring (bicyclic) bond motifs is 1. The SMILES string of the molecule is Bc1ccc2nc(Cl)nc(-c3ccc(CCCC)cc3)c2c1. The Kier molecular flexibility index (Phi) is 4.44. The van der Waals surface area contributed by atoms with E-state index in [1.165, 1.54) is 23.9 Å². The van der Waals surface area contributed by atoms with Crippen LogP contribution in [-0.4, -0.2) is 17.8 Å². The smallest absolute Gasteiger partial charge is 0.218 e. The van der Waals surface area contributed by atoms with Gasteiger partial charge in [0.2, 0.25) is 5.28 Å². The second kappa shape index (κ2) is 6.49. The Balaban J connectivity index is 2.07. The second-order valence-corrected chi connectivity index (χ2v) is 6.00. The molecule has 22 heavy (non-hydrogen) atoms. The van der Waals surface area contributed by atoms with Crippen molar-refractivity contribution in [1.29, 1.82) is 0 Å². The van der Waals surface area contributed by atoms with Crippen molar-refractivity contribution in [2.45, 2.75) is 26.2 Å². The summed E-state index contributed by atoms with van der Waals surface area (Å²) in [6.07, 6.45) is 3.56. The average Bonchev–Trinajstić information content (AvgIpc) is 2.53. The first-order chi connectivity index (χ1) is 10.7. The lowest BCUT2D eigenvalue weighted by atomic mass is 9.93. The van der Waals surface area contributed by atoms with Gasteiger partial charge in [0.1, 0.15) is 7.85 Å². The summed E-state index contributed by atoms with van der Waals surface area (Å²) in [5.74, 6) is 0. The van der Waals surface area contributed by atoms with Gasteiger partial charge in [-0.25, -0.2) is 9.97 Å². The van der Waals surface area contributed by atoms with Crippen LogP contribution in [0, 0.1) is 0 Å². The lowest BCUT2D eigenvalue weighted by Crippen LogP contribution is -2.02. The van der Waals surface area contributed by atoms with E-state index in [4.69, 9.17) is 11.6 Å². The Labute approximate surface area is 137 Å². The number of hydrogen-bond acceptors (Lipinski definition) is 2. The minimum absolute atomic E-state index is 0.293. The Hall–Kier alpha value is -1.87. The molecule has 1 aromatic heterocycles. The molecule has 0 N–H and O–H groups in total. The van der Waals surface area contributed by atoms with Crippen LogP contribution in [0.5, 0.6) is 0 Å². The molecule has 0 fully saturated rings. The number of benzene rings is 2. The van der Waals surface area contributed by atoms with E-state index in [9.17, 15) is 0 Å². The summed E-state index contributed by atoms with van der Waals surface area (Å²) in [6, 6.07) is 14.8. The fraction of sp³-hybridized carbons (Fsp3) is 0.222. The van der Waals surface area contributed by atoms with Gasteiger partial charge in [0.25, 0.3) is 0 Å². The number of hydrogen-bond donors (Lipinski definition) is 0. The summed E-state index contributed by atoms with van der Waals surface area (Å²) >= 11 is 6.09. The Bertz CT molecular complexity index is 800. The monoisotopic (exact) mass is 308 g/mol. The highest BCUT2D eigenvalue weighted by Gasteiger charge is 2.09. The van der Waals surface area contributed by atoms with Gasteiger partial charge >= 0.3 is 0 Å². The molecule has 1 heterocycles. The van der Waals surface area contributed by atoms with Crippen LogP contribution < -0.4 is 5.46 Å². The van der Waals surface area contributed by atoms with Gasteiger partial charge in [-0.05, 0) is 36.1 Å². The van der Waals surface area contributed by atoms with E-state index in [-0.39, 0.29) is 0 Å². The van der Waals surface area contributed by atoms with Gasteiger partial charge in [-0.15, -0.1) is 0 Å². The highest BCUT2D eigenvalue weighted by Crippen LogP contribution is 2.27. The number of halogens is 1. The Morgan fingerprint density at radius 1 is 1.05 bits per heavy atom. The van der Waals surface area contributed by atoms with E-state index in [1.54, 1.807) is 0 Å². The van der Waals surface area contributed by atoms with E-state index in [2.05, 4.69) is 55.1 Å². The summed E-state index contributed by atoms with van der Waals surface area (Å²) in [5.41, 5.74) is 5.43. The quantitative estimate of drug-likeness (QED) is 0.544. The molecule has 0 unspecified atom stereocenters. The van der Waals surface area contributed by atoms with E-state index >= 15 is 0 Å². The summed E-state index contributed by atoms with van der Waals surface area (Å²) < 4.78 is 0. The summed E-state index contributed by atoms with van der Waals surface area (Å²) in [6.45, 7) is 2.21. The average molecular weight is 309 g/mol. The topological polar surface area (TPSA) is 25.8 Å². The third kappa shape index (κ3) is 3.15. The Morgan fingerprint density at radius 2 is 1.82 bits per heavy atom. The van der Waals surface area contributed by atoms with Crippen molar-refractivity contribution in [2.24, 2.45) is 0 Å². The van der Waals surface area contributed by atoms with Gasteiger partial charge in [-0.2, -0.15) is 0 Å². The number of unbranched alkanes of at least 4 members (excludes halogenated alkanes) is 1. The van der Waals surface area contributed by atoms with Crippen molar-refractivity contribution in [3.05, 3.63) is 53.3 Å². The van der Waals surface area contributed by atoms with Crippen molar-refractivity contribution >= 4 is 35.8 Å². The van der Waals surface area contributed by atoms with E-state index in [0.29, 0.717) is 5.28 Å². The molecule has 0 spiro atoms. The van der Waals surface area contributed by atoms with Crippen LogP contribution in [0.1, 0.15) is 25.3 Å². The summed E-state index contributed by atoms with van der Waals surface area (Å²) in [5, 5.41) is 1.34. The maximum absolute atomic E-state index is 6.09. The van der Waals surface area contributed by atoms with Gasteiger partial charge in [-0.1, -0.05) is 55.2 Å². The van der Waals surface area contributed by atoms with Crippen molar-refractivity contribution in [1.82, 2.24) is 9.97 Å². The Morgan fingerprint density at radius 3 is 2.55 bits per heavy atom. The minimum atomic E-state index is 0.293. The number of rotatable bonds is 4. The molecule has 4 heteroatoms. The maximum atomic E-state index is 6.09. The van der Waals surface area contributed by atoms with Crippen molar-refractivity contribution in [2.75, 3.05) is 0 Å². The van der Waals surface area contributed by atoms with Crippen LogP contribution in [0.4, 0.5) is 0 Å². The standard InChI is InChI=1S/C18H18BClN2/c1-2-3-4-12-5-7-13(8-6-12)17-15-11-14(19)9-10-16(15)21-18(20)22-17/h5-11H,2-4,19H2,1H3. The first-order valence-corrected chi connectivity index (χ1v) is 8.08. The molecule has 110 valence electrons. The highest BCUT2D eigenvalue weighted by atomic mass is 35.5. The van der Waals surface area contributed by atoms with Crippen LogP contribution in [0.3, 0.4) is 0 Å². The number of aromatic nitrogens is 2. The second-order valence-electron chi connectivity index (χ2n) is 5.66. The lowest BCUT2D eigenvalue weighted by Gasteiger charge is -2.08. The summed E-state index contributed by atoms with van der Waals surface area (Å²) in [4.78, 5) is 8.77. The zero-order valence-electron chi connectivity index (χ0n) is 12.9. The van der Waals surface area contributed by atoms with E-state index in [0.717, 1.165) is 28.6 Å². The van der Waals surface area contributed by atoms with E-state index in [1.807, 2.05) is 12.1 Å². The van der Waals surface area contributed by atoms with Crippen molar-refractivity contribution < 1.29 is 0 Å². The van der Waals surface area contributed by atoms with Crippen LogP contribution in [0.15, 0.2) is 42.5 Å². The molecule has 2 nitrogen and oxygen atoms in total. The van der Waals surface area contributed by atoms with Crippen LogP contribution >= 0.6 is 11.6 Å². The van der Waals surface area contributed by atoms with Gasteiger partial charge < -0.3 is 0 Å². The summed E-state index contributed by atoms with van der Waals surface area (Å²) in [7, 11) is 2.08. The first kappa shape index (κ1) is 15.0. The molecule has 0 aliphatic heterocycles. The molecule has 0 aliphatic rings. The predicted molar refractivity (Wildman–Crippen MR) is 96.8 cm³/mol. The van der Waals surface area contributed by atoms with Crippen molar-refractivity contribution in [3.63, 3.8) is 0 Å². The molecule has 0 aliphatic carbocycles. The molecule has 0 saturated heterocycles. The largest absolute Gasteiger partial charge is 0.223 e. The number of nitrogens with zero attached hydrogens (tertiary/aromatic N) is 2. The fourth-order valence-electron chi connectivity index (χ4n) is 2.64. The first-order valence-electron chi connectivity index (χ1n) is 7.70. The molecule has 3 rings (SSSR count). The highest BCUT2D eigenvalue weighted by molar-refractivity contribution is 6.33. The molecule has 0 bridgehead atoms. The molecular formula is C18H18BClN2. The van der Waals surface area contributed by atoms with Crippen LogP contribution in [0.2, 0.25) is 5.28 Å². The molecule has 0 radical (unpaired) electrons. The van der Waals surface area contributed by atoms with Gasteiger partial charge in [0.05, 0.1) is 11.2 Å². The normalized spacial score (nSPS) is 11.0. The minimum Gasteiger partial charge on any atom is -0.218 e. The fourth-order valence-corrected chi connectivity index (χ4v) is 2.82. The third-order valence-corrected chi connectivity index (χ3v) is 4.04. The maximum Gasteiger partial charge on any atom is 0.223 e. The van der Waals surface area contributed by atoms with Gasteiger partial charge in [0.15, 0.2) is 0 Å². The van der Waals surface area contributed by atoms with Crippen LogP contribution in [0.25, 0.3) is 22.2 Å². The van der Waals surface area contributed by atoms with Crippen LogP contribution in [-0.2, 0) is 6.42 Å². The predicted octanol–water partition coefficient (Wildman–Crippen LogP) is 3.55. The van der Waals surface area contributed by atoms with Crippen molar-refractivity contribution in [3.8, 4) is 11.3 Å². The molecule has 3 aromatic rings. The van der Waals surface area contributed by atoms with Gasteiger partial charge in [-0.3, -0.25) is 0 Å². The third-order valence-electron chi connectivity index (χ3n) is 3.87. The zero-order valence-corrected chi connectivity index (χ0v) is 13.7. The zero-order chi connectivity index (χ0) is 15.5. The van der Waals surface area contributed by atoms with E-state index < -0.39 is 0 Å². The molecule has 0 atom stereocenters. The molecule has 0 amide bonds. The number of aryl methyl sites for hydroxylation is 1. The van der Waals surface area contributed by atoms with Gasteiger partial charge in [0, 0.05) is 10.9 Å². The molecule has 0 saturated carbocycles.